The molecule has 0 amide bonds. The minimum atomic E-state index is 1.01. The molecule has 82 valence electrons. The van der Waals surface area contributed by atoms with E-state index in [0.717, 1.165) is 15.6 Å². The molecule has 4 heteroatoms. The van der Waals surface area contributed by atoms with Crippen molar-refractivity contribution in [3.05, 3.63) is 47.1 Å². The van der Waals surface area contributed by atoms with E-state index in [1.54, 1.807) is 11.3 Å². The van der Waals surface area contributed by atoms with Gasteiger partial charge in [-0.1, -0.05) is 22.0 Å². The van der Waals surface area contributed by atoms with Crippen molar-refractivity contribution >= 4 is 53.3 Å². The first-order valence-corrected chi connectivity index (χ1v) is 6.89. The summed E-state index contributed by atoms with van der Waals surface area (Å²) in [7, 11) is 0. The van der Waals surface area contributed by atoms with Crippen LogP contribution in [0.15, 0.2) is 47.1 Å². The van der Waals surface area contributed by atoms with E-state index < -0.39 is 0 Å². The number of aromatic nitrogens is 2. The number of fused-ring (bicyclic) bond motifs is 5. The van der Waals surface area contributed by atoms with E-state index in [-0.39, 0.29) is 0 Å². The highest BCUT2D eigenvalue weighted by Gasteiger charge is 2.11. The molecule has 0 aliphatic heterocycles. The van der Waals surface area contributed by atoms with E-state index in [1.165, 1.54) is 14.9 Å². The SMILES string of the molecule is Brc1ccc2sc3c(nc4ccccn43)c2c1. The highest BCUT2D eigenvalue weighted by molar-refractivity contribution is 9.10. The molecule has 0 radical (unpaired) electrons. The molecule has 0 fully saturated rings. The Morgan fingerprint density at radius 2 is 2.12 bits per heavy atom. The van der Waals surface area contributed by atoms with Crippen LogP contribution in [0.2, 0.25) is 0 Å². The molecule has 3 heterocycles. The highest BCUT2D eigenvalue weighted by Crippen LogP contribution is 2.35. The van der Waals surface area contributed by atoms with Crippen molar-refractivity contribution in [1.29, 1.82) is 0 Å². The predicted octanol–water partition coefficient (Wildman–Crippen LogP) is 4.46. The third-order valence-corrected chi connectivity index (χ3v) is 4.54. The average Bonchev–Trinajstić information content (AvgIpc) is 2.85. The molecule has 4 aromatic rings. The van der Waals surface area contributed by atoms with Crippen LogP contribution in [0, 0.1) is 0 Å². The monoisotopic (exact) mass is 302 g/mol. The lowest BCUT2D eigenvalue weighted by Crippen LogP contribution is -1.79. The zero-order valence-electron chi connectivity index (χ0n) is 8.72. The fraction of sp³-hybridized carbons (Fsp3) is 0. The van der Waals surface area contributed by atoms with Gasteiger partial charge in [0, 0.05) is 20.8 Å². The Kier molecular flexibility index (Phi) is 1.87. The summed E-state index contributed by atoms with van der Waals surface area (Å²) < 4.78 is 4.53. The van der Waals surface area contributed by atoms with Gasteiger partial charge in [0.1, 0.15) is 16.0 Å². The van der Waals surface area contributed by atoms with Gasteiger partial charge in [-0.05, 0) is 30.3 Å². The second-order valence-corrected chi connectivity index (χ2v) is 5.88. The molecule has 4 rings (SSSR count). The van der Waals surface area contributed by atoms with Gasteiger partial charge in [-0.3, -0.25) is 4.40 Å². The van der Waals surface area contributed by atoms with Gasteiger partial charge in [-0.2, -0.15) is 0 Å². The summed E-state index contributed by atoms with van der Waals surface area (Å²) >= 11 is 5.30. The molecule has 0 saturated heterocycles. The van der Waals surface area contributed by atoms with Gasteiger partial charge in [0.2, 0.25) is 0 Å². The number of hydrogen-bond donors (Lipinski definition) is 0. The first-order chi connectivity index (χ1) is 8.33. The minimum absolute atomic E-state index is 1.01. The Morgan fingerprint density at radius 1 is 1.18 bits per heavy atom. The molecule has 0 saturated carbocycles. The molecule has 3 aromatic heterocycles. The number of hydrogen-bond acceptors (Lipinski definition) is 2. The molecule has 1 aromatic carbocycles. The number of benzene rings is 1. The van der Waals surface area contributed by atoms with Crippen LogP contribution in [0.4, 0.5) is 0 Å². The number of pyridine rings is 1. The summed E-state index contributed by atoms with van der Waals surface area (Å²) in [6, 6.07) is 12.4. The normalized spacial score (nSPS) is 11.8. The van der Waals surface area contributed by atoms with Gasteiger partial charge in [0.05, 0.1) is 0 Å². The van der Waals surface area contributed by atoms with Crippen molar-refractivity contribution < 1.29 is 0 Å². The largest absolute Gasteiger partial charge is 0.291 e. The zero-order valence-corrected chi connectivity index (χ0v) is 11.1. The molecule has 17 heavy (non-hydrogen) atoms. The molecular weight excluding hydrogens is 296 g/mol. The van der Waals surface area contributed by atoms with Gasteiger partial charge in [-0.25, -0.2) is 4.98 Å². The Hall–Kier alpha value is -1.39. The first-order valence-electron chi connectivity index (χ1n) is 5.28. The molecule has 0 atom stereocenters. The Labute approximate surface area is 110 Å². The molecule has 0 aliphatic rings. The zero-order chi connectivity index (χ0) is 11.4. The highest BCUT2D eigenvalue weighted by atomic mass is 79.9. The van der Waals surface area contributed by atoms with E-state index in [1.807, 2.05) is 18.2 Å². The smallest absolute Gasteiger partial charge is 0.138 e. The summed E-state index contributed by atoms with van der Waals surface area (Å²) in [5.74, 6) is 0. The molecular formula is C13H7BrN2S. The second kappa shape index (κ2) is 3.31. The van der Waals surface area contributed by atoms with E-state index >= 15 is 0 Å². The van der Waals surface area contributed by atoms with Crippen molar-refractivity contribution in [3.8, 4) is 0 Å². The van der Waals surface area contributed by atoms with Gasteiger partial charge >= 0.3 is 0 Å². The predicted molar refractivity (Wildman–Crippen MR) is 75.8 cm³/mol. The number of thiophene rings is 1. The number of nitrogens with zero attached hydrogens (tertiary/aromatic N) is 2. The van der Waals surface area contributed by atoms with Gasteiger partial charge < -0.3 is 0 Å². The third-order valence-electron chi connectivity index (χ3n) is 2.89. The fourth-order valence-corrected chi connectivity index (χ4v) is 3.60. The molecule has 0 spiro atoms. The van der Waals surface area contributed by atoms with E-state index in [4.69, 9.17) is 4.98 Å². The van der Waals surface area contributed by atoms with Crippen molar-refractivity contribution in [1.82, 2.24) is 9.38 Å². The third kappa shape index (κ3) is 1.28. The summed E-state index contributed by atoms with van der Waals surface area (Å²) in [5, 5.41) is 1.23. The summed E-state index contributed by atoms with van der Waals surface area (Å²) in [4.78, 5) is 5.91. The van der Waals surface area contributed by atoms with Crippen LogP contribution in [0.3, 0.4) is 0 Å². The Morgan fingerprint density at radius 3 is 3.06 bits per heavy atom. The van der Waals surface area contributed by atoms with Crippen LogP contribution in [-0.2, 0) is 0 Å². The fourth-order valence-electron chi connectivity index (χ4n) is 2.13. The quantitative estimate of drug-likeness (QED) is 0.468. The van der Waals surface area contributed by atoms with Crippen molar-refractivity contribution in [2.24, 2.45) is 0 Å². The number of halogens is 1. The van der Waals surface area contributed by atoms with Crippen LogP contribution in [0.25, 0.3) is 26.1 Å². The Bertz CT molecular complexity index is 860. The van der Waals surface area contributed by atoms with E-state index in [0.29, 0.717) is 0 Å². The number of rotatable bonds is 0. The van der Waals surface area contributed by atoms with E-state index in [9.17, 15) is 0 Å². The lowest BCUT2D eigenvalue weighted by Gasteiger charge is -1.91. The second-order valence-electron chi connectivity index (χ2n) is 3.94. The van der Waals surface area contributed by atoms with Crippen molar-refractivity contribution in [2.75, 3.05) is 0 Å². The molecule has 0 bridgehead atoms. The van der Waals surface area contributed by atoms with E-state index in [2.05, 4.69) is 44.7 Å². The lowest BCUT2D eigenvalue weighted by atomic mass is 10.2. The summed E-state index contributed by atoms with van der Waals surface area (Å²) in [6.45, 7) is 0. The van der Waals surface area contributed by atoms with Crippen molar-refractivity contribution in [3.63, 3.8) is 0 Å². The van der Waals surface area contributed by atoms with Gasteiger partial charge in [-0.15, -0.1) is 11.3 Å². The lowest BCUT2D eigenvalue weighted by molar-refractivity contribution is 1.24. The van der Waals surface area contributed by atoms with Gasteiger partial charge in [0.25, 0.3) is 0 Å². The molecule has 0 aliphatic carbocycles. The maximum absolute atomic E-state index is 4.70. The number of imidazole rings is 1. The minimum Gasteiger partial charge on any atom is -0.291 e. The van der Waals surface area contributed by atoms with Gasteiger partial charge in [0.15, 0.2) is 0 Å². The maximum atomic E-state index is 4.70. The van der Waals surface area contributed by atoms with Crippen LogP contribution < -0.4 is 0 Å². The van der Waals surface area contributed by atoms with Crippen LogP contribution in [-0.4, -0.2) is 9.38 Å². The average molecular weight is 303 g/mol. The maximum Gasteiger partial charge on any atom is 0.138 e. The Balaban J connectivity index is 2.30. The van der Waals surface area contributed by atoms with Crippen LogP contribution in [0.5, 0.6) is 0 Å². The first kappa shape index (κ1) is 9.62. The molecule has 0 unspecified atom stereocenters. The standard InChI is InChI=1S/C13H7BrN2S/c14-8-4-5-10-9(7-8)12-13(17-10)16-6-2-1-3-11(16)15-12/h1-7H. The van der Waals surface area contributed by atoms with Crippen LogP contribution in [0.1, 0.15) is 0 Å². The van der Waals surface area contributed by atoms with Crippen LogP contribution >= 0.6 is 27.3 Å². The molecule has 0 N–H and O–H groups in total. The topological polar surface area (TPSA) is 17.3 Å². The summed E-state index contributed by atoms with van der Waals surface area (Å²) in [6.07, 6.45) is 2.06. The summed E-state index contributed by atoms with van der Waals surface area (Å²) in [5.41, 5.74) is 2.10. The van der Waals surface area contributed by atoms with Crippen molar-refractivity contribution in [2.45, 2.75) is 0 Å². The molecule has 2 nitrogen and oxygen atoms in total.